The summed E-state index contributed by atoms with van der Waals surface area (Å²) in [5.41, 5.74) is -0.413. The van der Waals surface area contributed by atoms with Gasteiger partial charge in [-0.3, -0.25) is 9.69 Å². The number of fused-ring (bicyclic) bond motifs is 1. The van der Waals surface area contributed by atoms with Crippen molar-refractivity contribution in [2.75, 3.05) is 86.3 Å². The SMILES string of the molecule is CC(C)C1CC2(C)OC(C(=O)NCCOCCOCCOCCOCCOCCO)N(C)C2C(C)O1. The molecule has 0 aliphatic carbocycles. The number of aliphatic hydroxyl groups excluding tert-OH is 1. The lowest BCUT2D eigenvalue weighted by Crippen LogP contribution is -2.57. The van der Waals surface area contributed by atoms with Crippen molar-refractivity contribution >= 4 is 5.91 Å². The van der Waals surface area contributed by atoms with Crippen LogP contribution in [0.4, 0.5) is 0 Å². The van der Waals surface area contributed by atoms with Gasteiger partial charge in [0.2, 0.25) is 0 Å². The molecule has 0 radical (unpaired) electrons. The van der Waals surface area contributed by atoms with Gasteiger partial charge >= 0.3 is 0 Å². The minimum atomic E-state index is -0.634. The fourth-order valence-corrected chi connectivity index (χ4v) is 4.79. The molecule has 0 spiro atoms. The van der Waals surface area contributed by atoms with Crippen LogP contribution in [-0.2, 0) is 38.0 Å². The van der Waals surface area contributed by atoms with Crippen LogP contribution in [0.15, 0.2) is 0 Å². The Morgan fingerprint density at radius 2 is 1.47 bits per heavy atom. The molecule has 36 heavy (non-hydrogen) atoms. The third-order valence-electron chi connectivity index (χ3n) is 6.49. The number of ether oxygens (including phenoxy) is 7. The van der Waals surface area contributed by atoms with Gasteiger partial charge in [0.05, 0.1) is 96.5 Å². The fourth-order valence-electron chi connectivity index (χ4n) is 4.79. The van der Waals surface area contributed by atoms with Gasteiger partial charge in [-0.2, -0.15) is 0 Å². The van der Waals surface area contributed by atoms with Crippen LogP contribution < -0.4 is 5.32 Å². The van der Waals surface area contributed by atoms with E-state index in [0.29, 0.717) is 78.5 Å². The second kappa shape index (κ2) is 16.8. The second-order valence-corrected chi connectivity index (χ2v) is 9.80. The molecule has 2 aliphatic rings. The Hall–Kier alpha value is -0.890. The van der Waals surface area contributed by atoms with Crippen molar-refractivity contribution in [3.8, 4) is 0 Å². The van der Waals surface area contributed by atoms with E-state index in [1.807, 2.05) is 11.9 Å². The number of carbonyl (C=O) groups is 1. The van der Waals surface area contributed by atoms with Crippen LogP contribution in [-0.4, -0.2) is 132 Å². The van der Waals surface area contributed by atoms with E-state index in [9.17, 15) is 4.79 Å². The van der Waals surface area contributed by atoms with Crippen molar-refractivity contribution in [2.45, 2.75) is 64.2 Å². The largest absolute Gasteiger partial charge is 0.394 e. The van der Waals surface area contributed by atoms with E-state index < -0.39 is 11.8 Å². The lowest BCUT2D eigenvalue weighted by atomic mass is 9.81. The number of nitrogens with one attached hydrogen (secondary N) is 1. The van der Waals surface area contributed by atoms with E-state index in [2.05, 4.69) is 33.0 Å². The number of aliphatic hydroxyl groups is 1. The number of hydrogen-bond donors (Lipinski definition) is 2. The molecule has 2 N–H and O–H groups in total. The number of rotatable bonds is 19. The summed E-state index contributed by atoms with van der Waals surface area (Å²) in [5, 5.41) is 11.5. The van der Waals surface area contributed by atoms with Crippen molar-refractivity contribution < 1.29 is 43.1 Å². The number of amides is 1. The maximum Gasteiger partial charge on any atom is 0.264 e. The lowest BCUT2D eigenvalue weighted by Gasteiger charge is -2.45. The molecule has 0 aromatic carbocycles. The summed E-state index contributed by atoms with van der Waals surface area (Å²) < 4.78 is 39.4. The standard InChI is InChI=1S/C25H48N2O9/c1-19(2)21-18-25(4)22(20(3)35-21)27(5)24(36-25)23(29)26-6-8-30-10-12-32-14-16-34-17-15-33-13-11-31-9-7-28/h19-22,24,28H,6-18H2,1-5H3,(H,26,29). The quantitative estimate of drug-likeness (QED) is 0.232. The topological polar surface area (TPSA) is 117 Å². The highest BCUT2D eigenvalue weighted by atomic mass is 16.6. The first kappa shape index (κ1) is 31.3. The molecule has 11 nitrogen and oxygen atoms in total. The lowest BCUT2D eigenvalue weighted by molar-refractivity contribution is -0.163. The maximum atomic E-state index is 12.8. The highest BCUT2D eigenvalue weighted by Gasteiger charge is 2.57. The van der Waals surface area contributed by atoms with Crippen LogP contribution in [0.2, 0.25) is 0 Å². The predicted octanol–water partition coefficient (Wildman–Crippen LogP) is 0.427. The normalized spacial score (nSPS) is 28.5. The molecular weight excluding hydrogens is 472 g/mol. The molecule has 2 heterocycles. The first-order chi connectivity index (χ1) is 17.3. The summed E-state index contributed by atoms with van der Waals surface area (Å²) in [4.78, 5) is 14.8. The van der Waals surface area contributed by atoms with E-state index in [1.54, 1.807) is 0 Å². The molecule has 0 aromatic heterocycles. The van der Waals surface area contributed by atoms with Gasteiger partial charge in [0.1, 0.15) is 0 Å². The number of carbonyl (C=O) groups excluding carboxylic acids is 1. The molecule has 5 unspecified atom stereocenters. The third-order valence-corrected chi connectivity index (χ3v) is 6.49. The molecule has 0 saturated carbocycles. The van der Waals surface area contributed by atoms with Gasteiger partial charge in [-0.05, 0) is 26.8 Å². The smallest absolute Gasteiger partial charge is 0.264 e. The van der Waals surface area contributed by atoms with Crippen molar-refractivity contribution in [3.63, 3.8) is 0 Å². The second-order valence-electron chi connectivity index (χ2n) is 9.80. The van der Waals surface area contributed by atoms with Gasteiger partial charge in [0.25, 0.3) is 5.91 Å². The van der Waals surface area contributed by atoms with Crippen LogP contribution in [0.1, 0.15) is 34.1 Å². The zero-order valence-corrected chi connectivity index (χ0v) is 22.7. The van der Waals surface area contributed by atoms with Crippen LogP contribution in [0.5, 0.6) is 0 Å². The summed E-state index contributed by atoms with van der Waals surface area (Å²) >= 11 is 0. The molecule has 11 heteroatoms. The zero-order valence-electron chi connectivity index (χ0n) is 22.7. The highest BCUT2D eigenvalue weighted by molar-refractivity contribution is 5.80. The number of likely N-dealkylation sites (N-methyl/N-ethyl adjacent to an activating group) is 1. The van der Waals surface area contributed by atoms with Crippen molar-refractivity contribution in [3.05, 3.63) is 0 Å². The Labute approximate surface area is 216 Å². The van der Waals surface area contributed by atoms with E-state index in [-0.39, 0.29) is 30.8 Å². The van der Waals surface area contributed by atoms with Gasteiger partial charge in [-0.1, -0.05) is 13.8 Å². The molecule has 2 saturated heterocycles. The van der Waals surface area contributed by atoms with Gasteiger partial charge in [-0.15, -0.1) is 0 Å². The molecule has 0 bridgehead atoms. The first-order valence-electron chi connectivity index (χ1n) is 13.1. The minimum Gasteiger partial charge on any atom is -0.394 e. The van der Waals surface area contributed by atoms with Crippen molar-refractivity contribution in [1.82, 2.24) is 10.2 Å². The molecule has 5 atom stereocenters. The average molecular weight is 521 g/mol. The molecule has 2 rings (SSSR count). The Bertz CT molecular complexity index is 612. The van der Waals surface area contributed by atoms with E-state index in [1.165, 1.54) is 0 Å². The molecule has 0 aromatic rings. The van der Waals surface area contributed by atoms with Gasteiger partial charge in [0, 0.05) is 13.0 Å². The van der Waals surface area contributed by atoms with Crippen molar-refractivity contribution in [1.29, 1.82) is 0 Å². The predicted molar refractivity (Wildman–Crippen MR) is 133 cm³/mol. The monoisotopic (exact) mass is 520 g/mol. The summed E-state index contributed by atoms with van der Waals surface area (Å²) in [6.07, 6.45) is 0.257. The van der Waals surface area contributed by atoms with Gasteiger partial charge < -0.3 is 43.6 Å². The Morgan fingerprint density at radius 3 is 1.97 bits per heavy atom. The Kier molecular flexibility index (Phi) is 14.7. The number of nitrogens with zero attached hydrogens (tertiary/aromatic N) is 1. The Balaban J connectivity index is 1.47. The van der Waals surface area contributed by atoms with Crippen LogP contribution in [0.25, 0.3) is 0 Å². The summed E-state index contributed by atoms with van der Waals surface area (Å²) in [6.45, 7) is 13.4. The summed E-state index contributed by atoms with van der Waals surface area (Å²) in [7, 11) is 1.93. The van der Waals surface area contributed by atoms with Crippen LogP contribution in [0, 0.1) is 5.92 Å². The first-order valence-corrected chi connectivity index (χ1v) is 13.1. The van der Waals surface area contributed by atoms with Crippen LogP contribution in [0.3, 0.4) is 0 Å². The summed E-state index contributed by atoms with van der Waals surface area (Å²) in [5.74, 6) is 0.245. The van der Waals surface area contributed by atoms with E-state index in [4.69, 9.17) is 38.3 Å². The highest BCUT2D eigenvalue weighted by Crippen LogP contribution is 2.43. The molecule has 2 fully saturated rings. The van der Waals surface area contributed by atoms with Gasteiger partial charge in [-0.25, -0.2) is 0 Å². The van der Waals surface area contributed by atoms with E-state index in [0.717, 1.165) is 6.42 Å². The molecule has 212 valence electrons. The fraction of sp³-hybridized carbons (Fsp3) is 0.960. The van der Waals surface area contributed by atoms with Crippen LogP contribution >= 0.6 is 0 Å². The van der Waals surface area contributed by atoms with Gasteiger partial charge in [0.15, 0.2) is 6.23 Å². The average Bonchev–Trinajstić information content (AvgIpc) is 3.11. The Morgan fingerprint density at radius 1 is 0.972 bits per heavy atom. The third kappa shape index (κ3) is 10.1. The molecule has 2 aliphatic heterocycles. The maximum absolute atomic E-state index is 12.8. The van der Waals surface area contributed by atoms with E-state index >= 15 is 0 Å². The minimum absolute atomic E-state index is 0.0102. The van der Waals surface area contributed by atoms with Crippen molar-refractivity contribution in [2.24, 2.45) is 5.92 Å². The summed E-state index contributed by atoms with van der Waals surface area (Å²) in [6, 6.07) is 0.0325. The number of hydrogen-bond acceptors (Lipinski definition) is 10. The molecule has 1 amide bonds. The zero-order chi connectivity index (χ0) is 26.4. The molecular formula is C25H48N2O9.